The molecule has 0 fully saturated rings. The standard InChI is InChI=1S/C15H18O2/c1-15(2,3)17-14(16)12-8-7-11-13-9-5-4-6-10-13/h4-7,9-10,12H,11H2,1-3H3. The van der Waals surface area contributed by atoms with E-state index < -0.39 is 5.60 Å². The van der Waals surface area contributed by atoms with Crippen LogP contribution in [0.1, 0.15) is 26.3 Å². The molecule has 2 heteroatoms. The predicted octanol–water partition coefficient (Wildman–Crippen LogP) is 3.28. The number of carbonyl (C=O) groups is 1. The van der Waals surface area contributed by atoms with Crippen LogP contribution in [0.15, 0.2) is 48.2 Å². The first kappa shape index (κ1) is 13.3. The van der Waals surface area contributed by atoms with Gasteiger partial charge in [-0.2, -0.15) is 0 Å². The van der Waals surface area contributed by atoms with E-state index in [1.807, 2.05) is 57.2 Å². The van der Waals surface area contributed by atoms with Crippen molar-refractivity contribution in [2.45, 2.75) is 32.8 Å². The minimum Gasteiger partial charge on any atom is -0.456 e. The quantitative estimate of drug-likeness (QED) is 0.452. The number of hydrogen-bond donors (Lipinski definition) is 0. The summed E-state index contributed by atoms with van der Waals surface area (Å²) < 4.78 is 5.11. The van der Waals surface area contributed by atoms with Gasteiger partial charge >= 0.3 is 5.97 Å². The molecule has 0 amide bonds. The van der Waals surface area contributed by atoms with Crippen LogP contribution in [0.3, 0.4) is 0 Å². The summed E-state index contributed by atoms with van der Waals surface area (Å²) in [4.78, 5) is 11.3. The Kier molecular flexibility index (Phi) is 4.74. The summed E-state index contributed by atoms with van der Waals surface area (Å²) in [6, 6.07) is 10.0. The summed E-state index contributed by atoms with van der Waals surface area (Å²) in [6.45, 7) is 5.52. The lowest BCUT2D eigenvalue weighted by molar-refractivity contribution is -0.148. The Balaban J connectivity index is 2.46. The first-order valence-corrected chi connectivity index (χ1v) is 5.65. The Bertz CT molecular complexity index is 418. The molecule has 90 valence electrons. The molecular formula is C15H18O2. The first-order chi connectivity index (χ1) is 7.97. The zero-order valence-electron chi connectivity index (χ0n) is 10.6. The average Bonchev–Trinajstić information content (AvgIpc) is 2.23. The maximum absolute atomic E-state index is 11.3. The highest BCUT2D eigenvalue weighted by atomic mass is 16.6. The van der Waals surface area contributed by atoms with Gasteiger partial charge in [0, 0.05) is 0 Å². The molecule has 0 spiro atoms. The summed E-state index contributed by atoms with van der Waals surface area (Å²) in [6.07, 6.45) is 3.91. The molecule has 0 aliphatic heterocycles. The summed E-state index contributed by atoms with van der Waals surface area (Å²) in [5.41, 5.74) is 3.57. The van der Waals surface area contributed by atoms with Crippen molar-refractivity contribution in [2.75, 3.05) is 0 Å². The van der Waals surface area contributed by atoms with Crippen LogP contribution >= 0.6 is 0 Å². The summed E-state index contributed by atoms with van der Waals surface area (Å²) >= 11 is 0. The summed E-state index contributed by atoms with van der Waals surface area (Å²) in [5, 5.41) is 0. The van der Waals surface area contributed by atoms with Gasteiger partial charge in [0.15, 0.2) is 0 Å². The van der Waals surface area contributed by atoms with E-state index in [0.29, 0.717) is 0 Å². The molecule has 0 atom stereocenters. The highest BCUT2D eigenvalue weighted by molar-refractivity contribution is 5.82. The van der Waals surface area contributed by atoms with Crippen molar-refractivity contribution >= 4 is 5.97 Å². The maximum Gasteiger partial charge on any atom is 0.339 e. The van der Waals surface area contributed by atoms with Gasteiger partial charge < -0.3 is 4.74 Å². The van der Waals surface area contributed by atoms with Crippen LogP contribution in [0.5, 0.6) is 0 Å². The Morgan fingerprint density at radius 1 is 1.29 bits per heavy atom. The van der Waals surface area contributed by atoms with Gasteiger partial charge in [0.2, 0.25) is 0 Å². The second kappa shape index (κ2) is 6.07. The topological polar surface area (TPSA) is 26.3 Å². The molecule has 0 N–H and O–H groups in total. The van der Waals surface area contributed by atoms with Crippen LogP contribution in [0.25, 0.3) is 0 Å². The molecule has 0 aromatic heterocycles. The number of hydrogen-bond acceptors (Lipinski definition) is 2. The van der Waals surface area contributed by atoms with E-state index in [1.165, 1.54) is 11.6 Å². The molecule has 0 aliphatic rings. The second-order valence-corrected chi connectivity index (χ2v) is 4.74. The lowest BCUT2D eigenvalue weighted by Gasteiger charge is -2.17. The third-order valence-electron chi connectivity index (χ3n) is 1.91. The molecule has 0 saturated heterocycles. The molecule has 1 rings (SSSR count). The lowest BCUT2D eigenvalue weighted by atomic mass is 10.1. The molecule has 0 saturated carbocycles. The van der Waals surface area contributed by atoms with Gasteiger partial charge in [0.1, 0.15) is 5.60 Å². The molecule has 0 unspecified atom stereocenters. The third-order valence-corrected chi connectivity index (χ3v) is 1.91. The van der Waals surface area contributed by atoms with Crippen LogP contribution in [-0.2, 0) is 16.0 Å². The second-order valence-electron chi connectivity index (χ2n) is 4.74. The molecule has 0 radical (unpaired) electrons. The molecule has 0 heterocycles. The van der Waals surface area contributed by atoms with Gasteiger partial charge in [-0.15, -0.1) is 5.73 Å². The number of ether oxygens (including phenoxy) is 1. The molecule has 2 nitrogen and oxygen atoms in total. The van der Waals surface area contributed by atoms with Crippen molar-refractivity contribution in [3.05, 3.63) is 53.8 Å². The van der Waals surface area contributed by atoms with Crippen LogP contribution in [0, 0.1) is 0 Å². The first-order valence-electron chi connectivity index (χ1n) is 5.65. The van der Waals surface area contributed by atoms with Crippen molar-refractivity contribution in [3.8, 4) is 0 Å². The number of benzene rings is 1. The van der Waals surface area contributed by atoms with E-state index in [1.54, 1.807) is 0 Å². The fraction of sp³-hybridized carbons (Fsp3) is 0.333. The fourth-order valence-electron chi connectivity index (χ4n) is 1.25. The zero-order valence-corrected chi connectivity index (χ0v) is 10.6. The SMILES string of the molecule is CC(C)(C)OC(=O)C=C=CCc1ccccc1. The Morgan fingerprint density at radius 3 is 2.53 bits per heavy atom. The molecule has 1 aromatic rings. The van der Waals surface area contributed by atoms with Crippen molar-refractivity contribution in [3.63, 3.8) is 0 Å². The van der Waals surface area contributed by atoms with Crippen molar-refractivity contribution in [1.82, 2.24) is 0 Å². The Hall–Kier alpha value is -1.79. The summed E-state index contributed by atoms with van der Waals surface area (Å²) in [7, 11) is 0. The largest absolute Gasteiger partial charge is 0.456 e. The van der Waals surface area contributed by atoms with Gasteiger partial charge in [0.05, 0.1) is 6.08 Å². The number of rotatable bonds is 3. The average molecular weight is 230 g/mol. The maximum atomic E-state index is 11.3. The molecule has 1 aromatic carbocycles. The smallest absolute Gasteiger partial charge is 0.339 e. The molecular weight excluding hydrogens is 212 g/mol. The monoisotopic (exact) mass is 230 g/mol. The van der Waals surface area contributed by atoms with Gasteiger partial charge in [0.25, 0.3) is 0 Å². The van der Waals surface area contributed by atoms with E-state index in [-0.39, 0.29) is 5.97 Å². The number of carbonyl (C=O) groups excluding carboxylic acids is 1. The van der Waals surface area contributed by atoms with Gasteiger partial charge in [-0.05, 0) is 38.8 Å². The minimum atomic E-state index is -0.450. The van der Waals surface area contributed by atoms with E-state index in [0.717, 1.165) is 6.42 Å². The van der Waals surface area contributed by atoms with Crippen LogP contribution < -0.4 is 0 Å². The zero-order chi connectivity index (χ0) is 12.7. The van der Waals surface area contributed by atoms with Crippen LogP contribution in [0.2, 0.25) is 0 Å². The molecule has 0 bridgehead atoms. The van der Waals surface area contributed by atoms with Crippen molar-refractivity contribution < 1.29 is 9.53 Å². The van der Waals surface area contributed by atoms with Gasteiger partial charge in [-0.1, -0.05) is 30.3 Å². The highest BCUT2D eigenvalue weighted by Gasteiger charge is 2.13. The molecule has 0 aliphatic carbocycles. The van der Waals surface area contributed by atoms with Crippen molar-refractivity contribution in [2.24, 2.45) is 0 Å². The third kappa shape index (κ3) is 6.39. The normalized spacial score (nSPS) is 10.3. The van der Waals surface area contributed by atoms with Gasteiger partial charge in [-0.25, -0.2) is 4.79 Å². The predicted molar refractivity (Wildman–Crippen MR) is 68.6 cm³/mol. The highest BCUT2D eigenvalue weighted by Crippen LogP contribution is 2.06. The lowest BCUT2D eigenvalue weighted by Crippen LogP contribution is -2.22. The van der Waals surface area contributed by atoms with Gasteiger partial charge in [-0.3, -0.25) is 0 Å². The fourth-order valence-corrected chi connectivity index (χ4v) is 1.25. The van der Waals surface area contributed by atoms with Crippen LogP contribution in [-0.4, -0.2) is 11.6 Å². The van der Waals surface area contributed by atoms with E-state index >= 15 is 0 Å². The Morgan fingerprint density at radius 2 is 1.94 bits per heavy atom. The minimum absolute atomic E-state index is 0.359. The van der Waals surface area contributed by atoms with E-state index in [2.05, 4.69) is 5.73 Å². The summed E-state index contributed by atoms with van der Waals surface area (Å²) in [5.74, 6) is -0.359. The van der Waals surface area contributed by atoms with Crippen LogP contribution in [0.4, 0.5) is 0 Å². The number of esters is 1. The molecule has 17 heavy (non-hydrogen) atoms. The van der Waals surface area contributed by atoms with Crippen molar-refractivity contribution in [1.29, 1.82) is 0 Å². The van der Waals surface area contributed by atoms with E-state index in [9.17, 15) is 4.79 Å². The van der Waals surface area contributed by atoms with E-state index in [4.69, 9.17) is 4.74 Å². The Labute approximate surface area is 103 Å².